The van der Waals surface area contributed by atoms with E-state index < -0.39 is 0 Å². The quantitative estimate of drug-likeness (QED) is 0.242. The van der Waals surface area contributed by atoms with Crippen molar-refractivity contribution in [3.05, 3.63) is 125 Å². The first-order valence-electron chi connectivity index (χ1n) is 12.9. The Hall–Kier alpha value is -3.57. The lowest BCUT2D eigenvalue weighted by molar-refractivity contribution is 0.589. The highest BCUT2D eigenvalue weighted by atomic mass is 35.5. The lowest BCUT2D eigenvalue weighted by Gasteiger charge is -2.29. The number of hydrogen-bond donors (Lipinski definition) is 1. The van der Waals surface area contributed by atoms with Gasteiger partial charge in [0.2, 0.25) is 0 Å². The minimum Gasteiger partial charge on any atom is -0.369 e. The number of nitrogens with zero attached hydrogens (tertiary/aromatic N) is 3. The fourth-order valence-corrected chi connectivity index (χ4v) is 5.47. The molecule has 0 bridgehead atoms. The Morgan fingerprint density at radius 3 is 2.11 bits per heavy atom. The number of rotatable bonds is 6. The van der Waals surface area contributed by atoms with E-state index in [-0.39, 0.29) is 0 Å². The Balaban J connectivity index is 1.26. The predicted molar refractivity (Wildman–Crippen MR) is 159 cm³/mol. The zero-order chi connectivity index (χ0) is 25.9. The van der Waals surface area contributed by atoms with Crippen LogP contribution in [0.3, 0.4) is 0 Å². The lowest BCUT2D eigenvalue weighted by Crippen LogP contribution is -2.43. The highest BCUT2D eigenvalue weighted by Gasteiger charge is 2.15. The molecule has 1 fully saturated rings. The van der Waals surface area contributed by atoms with Crippen LogP contribution in [0.15, 0.2) is 103 Å². The molecule has 1 N–H and O–H groups in total. The van der Waals surface area contributed by atoms with Crippen molar-refractivity contribution in [2.24, 2.45) is 0 Å². The molecule has 0 atom stereocenters. The van der Waals surface area contributed by atoms with Gasteiger partial charge in [-0.25, -0.2) is 4.98 Å². The molecular formula is C32H28Cl2N4. The molecule has 6 rings (SSSR count). The molecule has 0 amide bonds. The Labute approximate surface area is 233 Å². The lowest BCUT2D eigenvalue weighted by atomic mass is 10.0. The largest absolute Gasteiger partial charge is 0.369 e. The first-order valence-corrected chi connectivity index (χ1v) is 13.6. The number of hydrogen-bond acceptors (Lipinski definition) is 3. The second-order valence-corrected chi connectivity index (χ2v) is 10.4. The summed E-state index contributed by atoms with van der Waals surface area (Å²) >= 11 is 12.7. The Morgan fingerprint density at radius 2 is 1.42 bits per heavy atom. The number of benzene rings is 4. The molecule has 2 heterocycles. The van der Waals surface area contributed by atoms with E-state index in [2.05, 4.69) is 75.4 Å². The van der Waals surface area contributed by atoms with Crippen LogP contribution in [0.5, 0.6) is 0 Å². The van der Waals surface area contributed by atoms with Gasteiger partial charge in [-0.1, -0.05) is 77.8 Å². The van der Waals surface area contributed by atoms with Crippen LogP contribution in [0.2, 0.25) is 10.0 Å². The van der Waals surface area contributed by atoms with Crippen LogP contribution in [0, 0.1) is 0 Å². The molecule has 4 aromatic carbocycles. The van der Waals surface area contributed by atoms with Crippen LogP contribution in [-0.2, 0) is 6.42 Å². The Morgan fingerprint density at radius 1 is 0.737 bits per heavy atom. The summed E-state index contributed by atoms with van der Waals surface area (Å²) in [6, 6.07) is 33.5. The molecule has 1 saturated heterocycles. The van der Waals surface area contributed by atoms with Crippen molar-refractivity contribution in [3.63, 3.8) is 0 Å². The molecule has 4 nitrogen and oxygen atoms in total. The van der Waals surface area contributed by atoms with Gasteiger partial charge in [0.25, 0.3) is 0 Å². The molecular weight excluding hydrogens is 511 g/mol. The third-order valence-electron chi connectivity index (χ3n) is 7.02. The third kappa shape index (κ3) is 5.34. The van der Waals surface area contributed by atoms with Crippen LogP contribution in [0.1, 0.15) is 11.4 Å². The minimum atomic E-state index is 0.592. The van der Waals surface area contributed by atoms with Crippen molar-refractivity contribution in [2.45, 2.75) is 6.42 Å². The summed E-state index contributed by atoms with van der Waals surface area (Å²) < 4.78 is 2.14. The number of piperazine rings is 1. The average molecular weight is 540 g/mol. The molecule has 0 aliphatic carbocycles. The van der Waals surface area contributed by atoms with Crippen molar-refractivity contribution in [1.82, 2.24) is 14.9 Å². The highest BCUT2D eigenvalue weighted by Crippen LogP contribution is 2.31. The van der Waals surface area contributed by atoms with Crippen LogP contribution in [0.25, 0.3) is 28.1 Å². The van der Waals surface area contributed by atoms with E-state index >= 15 is 0 Å². The van der Waals surface area contributed by atoms with Crippen LogP contribution in [-0.4, -0.2) is 35.7 Å². The SMILES string of the molecule is Clc1ccc(-c2cn(-c3ccccc3)c(Cc3ccc(-c4ccc(N5CCNCC5)cc4)cc3)n2)c(Cl)c1. The Kier molecular flexibility index (Phi) is 7.19. The van der Waals surface area contributed by atoms with E-state index in [0.29, 0.717) is 16.5 Å². The average Bonchev–Trinajstić information content (AvgIpc) is 3.38. The van der Waals surface area contributed by atoms with Crippen molar-refractivity contribution < 1.29 is 0 Å². The number of nitrogens with one attached hydrogen (secondary N) is 1. The Bertz CT molecular complexity index is 1520. The smallest absolute Gasteiger partial charge is 0.118 e. The van der Waals surface area contributed by atoms with Crippen molar-refractivity contribution in [2.75, 3.05) is 31.1 Å². The summed E-state index contributed by atoms with van der Waals surface area (Å²) in [4.78, 5) is 7.44. The van der Waals surface area contributed by atoms with Gasteiger partial charge < -0.3 is 14.8 Å². The molecule has 38 heavy (non-hydrogen) atoms. The molecule has 1 aromatic heterocycles. The summed E-state index contributed by atoms with van der Waals surface area (Å²) in [6.45, 7) is 4.19. The van der Waals surface area contributed by atoms with Crippen LogP contribution >= 0.6 is 23.2 Å². The molecule has 0 unspecified atom stereocenters. The standard InChI is InChI=1S/C32H28Cl2N4/c33-26-12-15-29(30(34)21-26)31-22-38(28-4-2-1-3-5-28)32(36-31)20-23-6-8-24(9-7-23)25-10-13-27(14-11-25)37-18-16-35-17-19-37/h1-15,21-22,35H,16-20H2. The molecule has 6 heteroatoms. The van der Waals surface area contributed by atoms with Gasteiger partial charge in [0.1, 0.15) is 5.82 Å². The van der Waals surface area contributed by atoms with Gasteiger partial charge in [-0.15, -0.1) is 0 Å². The highest BCUT2D eigenvalue weighted by molar-refractivity contribution is 6.36. The van der Waals surface area contributed by atoms with Crippen LogP contribution in [0.4, 0.5) is 5.69 Å². The number of para-hydroxylation sites is 1. The second kappa shape index (κ2) is 11.0. The van der Waals surface area contributed by atoms with Crippen molar-refractivity contribution in [1.29, 1.82) is 0 Å². The van der Waals surface area contributed by atoms with Crippen molar-refractivity contribution in [3.8, 4) is 28.1 Å². The van der Waals surface area contributed by atoms with Gasteiger partial charge >= 0.3 is 0 Å². The van der Waals surface area contributed by atoms with E-state index in [0.717, 1.165) is 48.9 Å². The first kappa shape index (κ1) is 24.7. The zero-order valence-electron chi connectivity index (χ0n) is 20.9. The first-order chi connectivity index (χ1) is 18.6. The molecule has 190 valence electrons. The maximum Gasteiger partial charge on any atom is 0.118 e. The van der Waals surface area contributed by atoms with Gasteiger partial charge in [0.15, 0.2) is 0 Å². The monoisotopic (exact) mass is 538 g/mol. The molecule has 0 radical (unpaired) electrons. The maximum absolute atomic E-state index is 6.52. The summed E-state index contributed by atoms with van der Waals surface area (Å²) in [5, 5.41) is 4.62. The van der Waals surface area contributed by atoms with E-state index in [4.69, 9.17) is 28.2 Å². The fraction of sp³-hybridized carbons (Fsp3) is 0.156. The van der Waals surface area contributed by atoms with Gasteiger partial charge in [0.05, 0.1) is 10.7 Å². The predicted octanol–water partition coefficient (Wildman–Crippen LogP) is 7.51. The molecule has 1 aliphatic heterocycles. The van der Waals surface area contributed by atoms with Gasteiger partial charge in [-0.2, -0.15) is 0 Å². The number of anilines is 1. The fourth-order valence-electron chi connectivity index (χ4n) is 4.97. The number of aromatic nitrogens is 2. The normalized spacial score (nSPS) is 13.6. The van der Waals surface area contributed by atoms with Gasteiger partial charge in [-0.05, 0) is 59.2 Å². The van der Waals surface area contributed by atoms with E-state index in [1.165, 1.54) is 22.4 Å². The van der Waals surface area contributed by atoms with Gasteiger partial charge in [-0.3, -0.25) is 0 Å². The topological polar surface area (TPSA) is 33.1 Å². The molecule has 5 aromatic rings. The summed E-state index contributed by atoms with van der Waals surface area (Å²) in [5.41, 5.74) is 7.67. The van der Waals surface area contributed by atoms with Crippen LogP contribution < -0.4 is 10.2 Å². The molecule has 0 spiro atoms. The summed E-state index contributed by atoms with van der Waals surface area (Å²) in [6.07, 6.45) is 2.75. The minimum absolute atomic E-state index is 0.592. The number of halogens is 2. The van der Waals surface area contributed by atoms with Gasteiger partial charge in [0, 0.05) is 60.8 Å². The zero-order valence-corrected chi connectivity index (χ0v) is 22.5. The van der Waals surface area contributed by atoms with E-state index in [1.807, 2.05) is 36.5 Å². The number of imidazole rings is 1. The molecule has 0 saturated carbocycles. The van der Waals surface area contributed by atoms with E-state index in [9.17, 15) is 0 Å². The maximum atomic E-state index is 6.52. The van der Waals surface area contributed by atoms with E-state index in [1.54, 1.807) is 6.07 Å². The second-order valence-electron chi connectivity index (χ2n) is 9.53. The third-order valence-corrected chi connectivity index (χ3v) is 7.57. The van der Waals surface area contributed by atoms with Crippen molar-refractivity contribution >= 4 is 28.9 Å². The summed E-state index contributed by atoms with van der Waals surface area (Å²) in [7, 11) is 0. The molecule has 1 aliphatic rings. The summed E-state index contributed by atoms with van der Waals surface area (Å²) in [5.74, 6) is 0.949.